The molecule has 4 nitrogen and oxygen atoms in total. The van der Waals surface area contributed by atoms with E-state index < -0.39 is 5.97 Å². The normalized spacial score (nSPS) is 10.1. The molecule has 0 atom stereocenters. The fourth-order valence-corrected chi connectivity index (χ4v) is 1.78. The highest BCUT2D eigenvalue weighted by Crippen LogP contribution is 2.27. The lowest BCUT2D eigenvalue weighted by Crippen LogP contribution is -2.00. The average Bonchev–Trinajstić information content (AvgIpc) is 2.39. The first kappa shape index (κ1) is 13.8. The Kier molecular flexibility index (Phi) is 3.84. The largest absolute Gasteiger partial charge is 0.478 e. The summed E-state index contributed by atoms with van der Waals surface area (Å²) in [6, 6.07) is 11.5. The lowest BCUT2D eigenvalue weighted by Gasteiger charge is -2.10. The van der Waals surface area contributed by atoms with Crippen molar-refractivity contribution in [3.63, 3.8) is 0 Å². The molecular weight excluding hydrogens is 256 g/mol. The number of benzene rings is 2. The van der Waals surface area contributed by atoms with Gasteiger partial charge in [0.15, 0.2) is 5.78 Å². The van der Waals surface area contributed by atoms with E-state index in [1.165, 1.54) is 13.0 Å². The van der Waals surface area contributed by atoms with Gasteiger partial charge in [-0.1, -0.05) is 6.07 Å². The number of carbonyl (C=O) groups is 2. The fourth-order valence-electron chi connectivity index (χ4n) is 1.78. The highest BCUT2D eigenvalue weighted by Gasteiger charge is 2.12. The van der Waals surface area contributed by atoms with Crippen LogP contribution in [-0.2, 0) is 0 Å². The summed E-state index contributed by atoms with van der Waals surface area (Å²) in [4.78, 5) is 22.3. The summed E-state index contributed by atoms with van der Waals surface area (Å²) < 4.78 is 5.59. The molecule has 20 heavy (non-hydrogen) atoms. The molecule has 0 aliphatic rings. The Morgan fingerprint density at radius 1 is 1.05 bits per heavy atom. The third-order valence-electron chi connectivity index (χ3n) is 2.86. The lowest BCUT2D eigenvalue weighted by atomic mass is 10.1. The fraction of sp³-hybridized carbons (Fsp3) is 0.125. The van der Waals surface area contributed by atoms with Crippen LogP contribution in [0.4, 0.5) is 0 Å². The van der Waals surface area contributed by atoms with E-state index in [2.05, 4.69) is 0 Å². The molecule has 0 amide bonds. The molecule has 0 bridgehead atoms. The minimum absolute atomic E-state index is 0.0293. The summed E-state index contributed by atoms with van der Waals surface area (Å²) in [6.07, 6.45) is 0. The number of carbonyl (C=O) groups excluding carboxylic acids is 1. The van der Waals surface area contributed by atoms with Gasteiger partial charge in [-0.2, -0.15) is 0 Å². The Hall–Kier alpha value is -2.62. The van der Waals surface area contributed by atoms with Crippen LogP contribution in [-0.4, -0.2) is 16.9 Å². The van der Waals surface area contributed by atoms with Crippen molar-refractivity contribution < 1.29 is 19.4 Å². The van der Waals surface area contributed by atoms with E-state index in [-0.39, 0.29) is 17.1 Å². The lowest BCUT2D eigenvalue weighted by molar-refractivity contribution is 0.0694. The first-order valence-corrected chi connectivity index (χ1v) is 6.10. The molecule has 0 fully saturated rings. The molecule has 0 unspecified atom stereocenters. The van der Waals surface area contributed by atoms with Crippen LogP contribution in [0.5, 0.6) is 11.5 Å². The summed E-state index contributed by atoms with van der Waals surface area (Å²) in [5.74, 6) is -0.296. The van der Waals surface area contributed by atoms with Gasteiger partial charge in [0.2, 0.25) is 0 Å². The van der Waals surface area contributed by atoms with Gasteiger partial charge in [-0.05, 0) is 55.8 Å². The van der Waals surface area contributed by atoms with E-state index in [1.807, 2.05) is 6.92 Å². The van der Waals surface area contributed by atoms with Gasteiger partial charge in [0.25, 0.3) is 0 Å². The van der Waals surface area contributed by atoms with Gasteiger partial charge in [0.1, 0.15) is 17.1 Å². The molecule has 2 aromatic rings. The van der Waals surface area contributed by atoms with Crippen LogP contribution in [0.15, 0.2) is 42.5 Å². The summed E-state index contributed by atoms with van der Waals surface area (Å²) >= 11 is 0. The Bertz CT molecular complexity index is 657. The van der Waals surface area contributed by atoms with E-state index in [0.717, 1.165) is 5.56 Å². The molecule has 0 aromatic heterocycles. The average molecular weight is 270 g/mol. The SMILES string of the molecule is CC(=O)c1ccc(Oc2cc(C)ccc2C(=O)O)cc1. The number of rotatable bonds is 4. The smallest absolute Gasteiger partial charge is 0.339 e. The molecule has 1 N–H and O–H groups in total. The van der Waals surface area contributed by atoms with Crippen molar-refractivity contribution in [2.75, 3.05) is 0 Å². The van der Waals surface area contributed by atoms with Crippen LogP contribution < -0.4 is 4.74 Å². The zero-order chi connectivity index (χ0) is 14.7. The predicted octanol–water partition coefficient (Wildman–Crippen LogP) is 3.69. The minimum Gasteiger partial charge on any atom is -0.478 e. The van der Waals surface area contributed by atoms with Crippen LogP contribution in [0.25, 0.3) is 0 Å². The van der Waals surface area contributed by atoms with Gasteiger partial charge >= 0.3 is 5.97 Å². The summed E-state index contributed by atoms with van der Waals surface area (Å²) in [7, 11) is 0. The molecule has 0 saturated carbocycles. The van der Waals surface area contributed by atoms with Gasteiger partial charge in [-0.15, -0.1) is 0 Å². The van der Waals surface area contributed by atoms with Crippen LogP contribution in [0.2, 0.25) is 0 Å². The van der Waals surface area contributed by atoms with E-state index in [0.29, 0.717) is 11.3 Å². The number of ether oxygens (including phenoxy) is 1. The molecule has 0 radical (unpaired) electrons. The predicted molar refractivity (Wildman–Crippen MR) is 74.7 cm³/mol. The maximum absolute atomic E-state index is 11.2. The molecule has 102 valence electrons. The number of hydrogen-bond acceptors (Lipinski definition) is 3. The zero-order valence-electron chi connectivity index (χ0n) is 11.2. The van der Waals surface area contributed by atoms with Crippen LogP contribution in [0, 0.1) is 6.92 Å². The number of hydrogen-bond donors (Lipinski definition) is 1. The molecule has 4 heteroatoms. The van der Waals surface area contributed by atoms with Gasteiger partial charge in [0.05, 0.1) is 0 Å². The molecule has 0 saturated heterocycles. The standard InChI is InChI=1S/C16H14O4/c1-10-3-8-14(16(18)19)15(9-10)20-13-6-4-12(5-7-13)11(2)17/h3-9H,1-2H3,(H,18,19). The minimum atomic E-state index is -1.04. The quantitative estimate of drug-likeness (QED) is 0.860. The van der Waals surface area contributed by atoms with Crippen molar-refractivity contribution >= 4 is 11.8 Å². The zero-order valence-corrected chi connectivity index (χ0v) is 11.2. The highest BCUT2D eigenvalue weighted by atomic mass is 16.5. The molecule has 0 aliphatic carbocycles. The summed E-state index contributed by atoms with van der Waals surface area (Å²) in [6.45, 7) is 3.34. The Balaban J connectivity index is 2.31. The topological polar surface area (TPSA) is 63.6 Å². The molecule has 0 heterocycles. The van der Waals surface area contributed by atoms with Crippen LogP contribution in [0.1, 0.15) is 33.2 Å². The van der Waals surface area contributed by atoms with E-state index >= 15 is 0 Å². The van der Waals surface area contributed by atoms with E-state index in [4.69, 9.17) is 9.84 Å². The molecular formula is C16H14O4. The number of carboxylic acid groups (broad SMARTS) is 1. The van der Waals surface area contributed by atoms with Crippen molar-refractivity contribution in [2.24, 2.45) is 0 Å². The monoisotopic (exact) mass is 270 g/mol. The van der Waals surface area contributed by atoms with Crippen molar-refractivity contribution in [1.29, 1.82) is 0 Å². The molecule has 2 aromatic carbocycles. The third kappa shape index (κ3) is 3.03. The Morgan fingerprint density at radius 3 is 2.25 bits per heavy atom. The number of carboxylic acids is 1. The second-order valence-electron chi connectivity index (χ2n) is 4.49. The number of Topliss-reactive ketones (excluding diaryl/α,β-unsaturated/α-hetero) is 1. The Labute approximate surface area is 116 Å². The summed E-state index contributed by atoms with van der Waals surface area (Å²) in [5, 5.41) is 9.13. The summed E-state index contributed by atoms with van der Waals surface area (Å²) in [5.41, 5.74) is 1.59. The molecule has 2 rings (SSSR count). The second-order valence-corrected chi connectivity index (χ2v) is 4.49. The molecule has 0 spiro atoms. The first-order chi connectivity index (χ1) is 9.47. The van der Waals surface area contributed by atoms with Crippen LogP contribution in [0.3, 0.4) is 0 Å². The van der Waals surface area contributed by atoms with Crippen molar-refractivity contribution in [2.45, 2.75) is 13.8 Å². The van der Waals surface area contributed by atoms with E-state index in [9.17, 15) is 9.59 Å². The van der Waals surface area contributed by atoms with Gasteiger partial charge in [-0.3, -0.25) is 4.79 Å². The highest BCUT2D eigenvalue weighted by molar-refractivity contribution is 5.94. The van der Waals surface area contributed by atoms with Crippen LogP contribution >= 0.6 is 0 Å². The maximum Gasteiger partial charge on any atom is 0.339 e. The van der Waals surface area contributed by atoms with Crippen molar-refractivity contribution in [1.82, 2.24) is 0 Å². The number of aryl methyl sites for hydroxylation is 1. The van der Waals surface area contributed by atoms with E-state index in [1.54, 1.807) is 36.4 Å². The maximum atomic E-state index is 11.2. The second kappa shape index (κ2) is 5.57. The van der Waals surface area contributed by atoms with Gasteiger partial charge in [-0.25, -0.2) is 4.79 Å². The number of aromatic carboxylic acids is 1. The van der Waals surface area contributed by atoms with Gasteiger partial charge < -0.3 is 9.84 Å². The Morgan fingerprint density at radius 2 is 1.70 bits per heavy atom. The first-order valence-electron chi connectivity index (χ1n) is 6.10. The molecule has 0 aliphatic heterocycles. The van der Waals surface area contributed by atoms with Crippen molar-refractivity contribution in [3.05, 3.63) is 59.2 Å². The number of ketones is 1. The third-order valence-corrected chi connectivity index (χ3v) is 2.86. The van der Waals surface area contributed by atoms with Crippen molar-refractivity contribution in [3.8, 4) is 11.5 Å². The van der Waals surface area contributed by atoms with Gasteiger partial charge in [0, 0.05) is 5.56 Å².